The lowest BCUT2D eigenvalue weighted by molar-refractivity contribution is -0.122. The first kappa shape index (κ1) is 29.2. The Hall–Kier alpha value is -4.74. The number of ether oxygens (including phenoxy) is 1. The van der Waals surface area contributed by atoms with Gasteiger partial charge in [-0.1, -0.05) is 66.7 Å². The Balaban J connectivity index is 0.00000124. The maximum Gasteiger partial charge on any atom is 0.290 e. The Morgan fingerprint density at radius 1 is 1.02 bits per heavy atom. The molecule has 0 aliphatic rings. The van der Waals surface area contributed by atoms with Crippen LogP contribution in [0.4, 0.5) is 5.95 Å². The van der Waals surface area contributed by atoms with E-state index in [0.717, 1.165) is 27.7 Å². The molecule has 5 aromatic rings. The first-order valence-corrected chi connectivity index (χ1v) is 14.1. The monoisotopic (exact) mass is 573 g/mol. The molecule has 0 amide bonds. The Labute approximate surface area is 238 Å². The fraction of sp³-hybridized carbons (Fsp3) is 0.167. The third-order valence-electron chi connectivity index (χ3n) is 6.67. The van der Waals surface area contributed by atoms with E-state index in [4.69, 9.17) is 20.4 Å². The van der Waals surface area contributed by atoms with Gasteiger partial charge >= 0.3 is 0 Å². The predicted molar refractivity (Wildman–Crippen MR) is 158 cm³/mol. The number of fused-ring (bicyclic) bond motifs is 1. The topological polar surface area (TPSA) is 141 Å². The lowest BCUT2D eigenvalue weighted by Gasteiger charge is -2.19. The number of benzene rings is 3. The number of carboxylic acid groups (broad SMARTS) is 1. The normalized spacial score (nSPS) is 12.0. The molecular formula is C30H31N5O5S. The quantitative estimate of drug-likeness (QED) is 0.252. The van der Waals surface area contributed by atoms with Gasteiger partial charge in [-0.2, -0.15) is 4.31 Å². The van der Waals surface area contributed by atoms with Crippen molar-refractivity contribution in [2.75, 3.05) is 19.9 Å². The summed E-state index contributed by atoms with van der Waals surface area (Å²) in [5, 5.41) is 6.89. The standard InChI is InChI=1S/C29H29N5O3S.CH2O2/c1-20(22-12-8-5-9-13-22)34-26-16-23(14-15-25(26)32-29(34)30)24-17-27(28(37-3)31-18-24)38(35,36)33(2)19-21-10-6-4-7-11-21;2-1-3/h4-18,20H,19H2,1-3H3,(H2,30,32);1H,(H,2,3)/t20-;/m1./s1. The molecule has 0 aliphatic carbocycles. The highest BCUT2D eigenvalue weighted by Crippen LogP contribution is 2.33. The van der Waals surface area contributed by atoms with E-state index >= 15 is 0 Å². The van der Waals surface area contributed by atoms with E-state index in [0.29, 0.717) is 11.5 Å². The van der Waals surface area contributed by atoms with Crippen LogP contribution in [-0.2, 0) is 21.4 Å². The number of anilines is 1. The molecule has 0 fully saturated rings. The van der Waals surface area contributed by atoms with Gasteiger partial charge in [-0.3, -0.25) is 4.79 Å². The molecular weight excluding hydrogens is 542 g/mol. The molecule has 41 heavy (non-hydrogen) atoms. The average Bonchev–Trinajstić information content (AvgIpc) is 3.32. The summed E-state index contributed by atoms with van der Waals surface area (Å²) in [6.45, 7) is 2.04. The van der Waals surface area contributed by atoms with Crippen molar-refractivity contribution < 1.29 is 23.1 Å². The number of imidazole rings is 1. The zero-order chi connectivity index (χ0) is 29.6. The van der Waals surface area contributed by atoms with Gasteiger partial charge in [0.2, 0.25) is 21.9 Å². The summed E-state index contributed by atoms with van der Waals surface area (Å²) in [7, 11) is -0.936. The zero-order valence-electron chi connectivity index (χ0n) is 22.9. The second-order valence-corrected chi connectivity index (χ2v) is 11.2. The molecule has 11 heteroatoms. The van der Waals surface area contributed by atoms with Gasteiger partial charge in [0.05, 0.1) is 24.2 Å². The van der Waals surface area contributed by atoms with Crippen molar-refractivity contribution in [3.63, 3.8) is 0 Å². The van der Waals surface area contributed by atoms with E-state index in [2.05, 4.69) is 29.0 Å². The second-order valence-electron chi connectivity index (χ2n) is 9.21. The van der Waals surface area contributed by atoms with E-state index in [9.17, 15) is 8.42 Å². The predicted octanol–water partition coefficient (Wildman–Crippen LogP) is 4.82. The molecule has 1 atom stereocenters. The van der Waals surface area contributed by atoms with E-state index < -0.39 is 10.0 Å². The van der Waals surface area contributed by atoms with Crippen molar-refractivity contribution >= 4 is 33.5 Å². The lowest BCUT2D eigenvalue weighted by atomic mass is 10.1. The molecule has 0 unspecified atom stereocenters. The van der Waals surface area contributed by atoms with Gasteiger partial charge in [0.15, 0.2) is 0 Å². The van der Waals surface area contributed by atoms with Crippen LogP contribution in [0, 0.1) is 0 Å². The number of aromatic nitrogens is 3. The van der Waals surface area contributed by atoms with Crippen molar-refractivity contribution in [1.29, 1.82) is 0 Å². The van der Waals surface area contributed by atoms with Gasteiger partial charge in [0.25, 0.3) is 6.47 Å². The number of nitrogens with two attached hydrogens (primary N) is 1. The number of sulfonamides is 1. The van der Waals surface area contributed by atoms with Crippen LogP contribution < -0.4 is 10.5 Å². The van der Waals surface area contributed by atoms with Crippen molar-refractivity contribution in [1.82, 2.24) is 18.8 Å². The van der Waals surface area contributed by atoms with Gasteiger partial charge < -0.3 is 20.1 Å². The molecule has 5 rings (SSSR count). The highest BCUT2D eigenvalue weighted by atomic mass is 32.2. The Morgan fingerprint density at radius 2 is 1.66 bits per heavy atom. The summed E-state index contributed by atoms with van der Waals surface area (Å²) in [4.78, 5) is 17.3. The van der Waals surface area contributed by atoms with E-state index in [1.807, 2.05) is 71.3 Å². The molecule has 0 bridgehead atoms. The minimum absolute atomic E-state index is 0.00158. The van der Waals surface area contributed by atoms with E-state index in [1.165, 1.54) is 11.4 Å². The van der Waals surface area contributed by atoms with Crippen molar-refractivity contribution in [2.24, 2.45) is 0 Å². The Kier molecular flexibility index (Phi) is 9.00. The van der Waals surface area contributed by atoms with Crippen LogP contribution in [0.2, 0.25) is 0 Å². The average molecular weight is 574 g/mol. The molecule has 0 spiro atoms. The van der Waals surface area contributed by atoms with Gasteiger partial charge in [-0.15, -0.1) is 0 Å². The third-order valence-corrected chi connectivity index (χ3v) is 8.47. The van der Waals surface area contributed by atoms with E-state index in [-0.39, 0.29) is 29.8 Å². The number of carbonyl (C=O) groups is 1. The summed E-state index contributed by atoms with van der Waals surface area (Å²) < 4.78 is 35.8. The SMILES string of the molecule is COc1ncc(-c2ccc3nc(N)n([C@H](C)c4ccccc4)c3c2)cc1S(=O)(=O)N(C)Cc1ccccc1.O=CO. The fourth-order valence-corrected chi connectivity index (χ4v) is 5.89. The molecule has 0 saturated heterocycles. The number of nitrogens with zero attached hydrogens (tertiary/aromatic N) is 4. The number of methoxy groups -OCH3 is 1. The molecule has 212 valence electrons. The summed E-state index contributed by atoms with van der Waals surface area (Å²) in [6.07, 6.45) is 1.61. The summed E-state index contributed by atoms with van der Waals surface area (Å²) in [5.74, 6) is 0.453. The number of rotatable bonds is 8. The molecule has 2 aromatic heterocycles. The Morgan fingerprint density at radius 3 is 2.29 bits per heavy atom. The highest BCUT2D eigenvalue weighted by molar-refractivity contribution is 7.89. The first-order chi connectivity index (χ1) is 19.7. The number of nitrogen functional groups attached to an aromatic ring is 1. The molecule has 0 aliphatic heterocycles. The second kappa shape index (κ2) is 12.6. The highest BCUT2D eigenvalue weighted by Gasteiger charge is 2.27. The van der Waals surface area contributed by atoms with Gasteiger partial charge in [-0.05, 0) is 41.8 Å². The van der Waals surface area contributed by atoms with Crippen molar-refractivity contribution in [2.45, 2.75) is 24.4 Å². The van der Waals surface area contributed by atoms with Crippen LogP contribution in [0.25, 0.3) is 22.2 Å². The minimum atomic E-state index is -3.90. The fourth-order valence-electron chi connectivity index (χ4n) is 4.60. The van der Waals surface area contributed by atoms with Crippen LogP contribution in [0.1, 0.15) is 24.1 Å². The van der Waals surface area contributed by atoms with Gasteiger partial charge in [0.1, 0.15) is 4.90 Å². The number of hydrogen-bond donors (Lipinski definition) is 2. The molecule has 10 nitrogen and oxygen atoms in total. The summed E-state index contributed by atoms with van der Waals surface area (Å²) >= 11 is 0. The maximum atomic E-state index is 13.6. The molecule has 0 radical (unpaired) electrons. The van der Waals surface area contributed by atoms with E-state index in [1.54, 1.807) is 19.3 Å². The molecule has 3 N–H and O–H groups in total. The summed E-state index contributed by atoms with van der Waals surface area (Å²) in [6, 6.07) is 26.8. The number of hydrogen-bond acceptors (Lipinski definition) is 7. The molecule has 3 aromatic carbocycles. The van der Waals surface area contributed by atoms with Gasteiger partial charge in [-0.25, -0.2) is 18.4 Å². The maximum absolute atomic E-state index is 13.6. The number of pyridine rings is 1. The van der Waals surface area contributed by atoms with Crippen molar-refractivity contribution in [3.05, 3.63) is 102 Å². The van der Waals surface area contributed by atoms with Crippen LogP contribution in [0.15, 0.2) is 96.0 Å². The third kappa shape index (κ3) is 6.21. The Bertz CT molecular complexity index is 1740. The minimum Gasteiger partial charge on any atom is -0.483 e. The molecule has 2 heterocycles. The largest absolute Gasteiger partial charge is 0.483 e. The van der Waals surface area contributed by atoms with Crippen LogP contribution in [0.3, 0.4) is 0 Å². The summed E-state index contributed by atoms with van der Waals surface area (Å²) in [5.41, 5.74) is 11.3. The first-order valence-electron chi connectivity index (χ1n) is 12.7. The molecule has 0 saturated carbocycles. The van der Waals surface area contributed by atoms with Gasteiger partial charge in [0, 0.05) is 25.4 Å². The lowest BCUT2D eigenvalue weighted by Crippen LogP contribution is -2.27. The van der Waals surface area contributed by atoms with Crippen LogP contribution >= 0.6 is 0 Å². The van der Waals surface area contributed by atoms with Crippen molar-refractivity contribution in [3.8, 4) is 17.0 Å². The zero-order valence-corrected chi connectivity index (χ0v) is 23.7. The van der Waals surface area contributed by atoms with Crippen LogP contribution in [-0.4, -0.2) is 53.0 Å². The smallest absolute Gasteiger partial charge is 0.290 e. The van der Waals surface area contributed by atoms with Crippen LogP contribution in [0.5, 0.6) is 5.88 Å².